The summed E-state index contributed by atoms with van der Waals surface area (Å²) in [6.45, 7) is 2.28. The third-order valence-electron chi connectivity index (χ3n) is 4.70. The minimum Gasteiger partial charge on any atom is -0.477 e. The van der Waals surface area contributed by atoms with Gasteiger partial charge in [0.25, 0.3) is 5.91 Å². The van der Waals surface area contributed by atoms with E-state index in [9.17, 15) is 19.5 Å². The van der Waals surface area contributed by atoms with E-state index in [1.54, 1.807) is 0 Å². The lowest BCUT2D eigenvalue weighted by Crippen LogP contribution is -2.70. The van der Waals surface area contributed by atoms with E-state index in [0.29, 0.717) is 23.6 Å². The Kier molecular flexibility index (Phi) is 6.67. The van der Waals surface area contributed by atoms with Crippen molar-refractivity contribution in [2.24, 2.45) is 5.73 Å². The second-order valence-electron chi connectivity index (χ2n) is 6.84. The molecule has 13 heteroatoms. The molecule has 0 spiro atoms. The van der Waals surface area contributed by atoms with Gasteiger partial charge in [-0.2, -0.15) is 0 Å². The maximum absolute atomic E-state index is 12.7. The van der Waals surface area contributed by atoms with Gasteiger partial charge in [0.2, 0.25) is 5.91 Å². The molecule has 0 saturated carbocycles. The number of amides is 2. The Balaban J connectivity index is 1.41. The highest BCUT2D eigenvalue weighted by atomic mass is 32.2. The lowest BCUT2D eigenvalue weighted by Gasteiger charge is -2.49. The van der Waals surface area contributed by atoms with Crippen LogP contribution in [0.4, 0.5) is 0 Å². The van der Waals surface area contributed by atoms with E-state index in [2.05, 4.69) is 15.5 Å². The number of carbonyl (C=O) groups is 3. The smallest absolute Gasteiger partial charge is 0.352 e. The zero-order valence-corrected chi connectivity index (χ0v) is 19.6. The zero-order valence-electron chi connectivity index (χ0n) is 16.4. The Hall–Kier alpha value is -1.93. The fraction of sp³-hybridized carbons (Fsp3) is 0.389. The second kappa shape index (κ2) is 9.28. The lowest BCUT2D eigenvalue weighted by atomic mass is 10.0. The first-order chi connectivity index (χ1) is 14.9. The molecule has 2 aromatic heterocycles. The van der Waals surface area contributed by atoms with Gasteiger partial charge in [0.05, 0.1) is 6.42 Å². The van der Waals surface area contributed by atoms with E-state index in [-0.39, 0.29) is 18.0 Å². The number of nitrogens with two attached hydrogens (primary N) is 1. The number of fused-ring (bicyclic) bond motifs is 1. The Morgan fingerprint density at radius 1 is 1.32 bits per heavy atom. The van der Waals surface area contributed by atoms with Gasteiger partial charge >= 0.3 is 5.97 Å². The van der Waals surface area contributed by atoms with E-state index in [4.69, 9.17) is 5.73 Å². The average molecular weight is 498 g/mol. The molecule has 0 aliphatic carbocycles. The first-order valence-electron chi connectivity index (χ1n) is 9.27. The fourth-order valence-electron chi connectivity index (χ4n) is 3.29. The molecule has 2 aromatic rings. The van der Waals surface area contributed by atoms with Crippen LogP contribution in [0.1, 0.15) is 14.8 Å². The van der Waals surface area contributed by atoms with Crippen LogP contribution in [-0.4, -0.2) is 60.9 Å². The minimum absolute atomic E-state index is 0.0128. The second-order valence-corrected chi connectivity index (χ2v) is 11.6. The Morgan fingerprint density at radius 2 is 2.10 bits per heavy atom. The van der Waals surface area contributed by atoms with Crippen molar-refractivity contribution in [3.05, 3.63) is 38.2 Å². The molecule has 9 nitrogen and oxygen atoms in total. The molecule has 0 radical (unpaired) electrons. The van der Waals surface area contributed by atoms with Gasteiger partial charge in [-0.15, -0.1) is 33.3 Å². The molecule has 0 unspecified atom stereocenters. The maximum atomic E-state index is 12.7. The number of thiophene rings is 1. The molecule has 4 heterocycles. The zero-order chi connectivity index (χ0) is 22.1. The summed E-state index contributed by atoms with van der Waals surface area (Å²) in [6.07, 6.45) is 0.163. The Labute approximate surface area is 194 Å². The van der Waals surface area contributed by atoms with Gasteiger partial charge in [0, 0.05) is 27.8 Å². The number of β-lactam (4-membered cyclic amide) rings is 1. The molecule has 31 heavy (non-hydrogen) atoms. The monoisotopic (exact) mass is 497 g/mol. The van der Waals surface area contributed by atoms with Crippen LogP contribution in [-0.2, 0) is 27.3 Å². The fourth-order valence-corrected chi connectivity index (χ4v) is 7.49. The number of thioether (sulfide) groups is 2. The van der Waals surface area contributed by atoms with Crippen LogP contribution in [0.3, 0.4) is 0 Å². The number of hydrogen-bond donors (Lipinski definition) is 3. The lowest BCUT2D eigenvalue weighted by molar-refractivity contribution is -0.150. The number of nitrogens with one attached hydrogen (secondary N) is 1. The van der Waals surface area contributed by atoms with Crippen LogP contribution in [0.2, 0.25) is 0 Å². The van der Waals surface area contributed by atoms with Crippen molar-refractivity contribution in [3.8, 4) is 0 Å². The first-order valence-corrected chi connectivity index (χ1v) is 12.9. The number of carboxylic acid groups (broad SMARTS) is 1. The van der Waals surface area contributed by atoms with Gasteiger partial charge in [-0.1, -0.05) is 23.1 Å². The molecule has 2 atom stereocenters. The molecule has 2 amide bonds. The molecule has 0 aromatic carbocycles. The molecule has 2 aliphatic heterocycles. The van der Waals surface area contributed by atoms with Crippen LogP contribution in [0, 0.1) is 6.92 Å². The van der Waals surface area contributed by atoms with Crippen LogP contribution in [0.25, 0.3) is 0 Å². The van der Waals surface area contributed by atoms with E-state index in [0.717, 1.165) is 19.1 Å². The van der Waals surface area contributed by atoms with E-state index in [1.165, 1.54) is 51.1 Å². The predicted octanol–water partition coefficient (Wildman–Crippen LogP) is 1.44. The summed E-state index contributed by atoms with van der Waals surface area (Å²) in [5.74, 6) is -0.916. The van der Waals surface area contributed by atoms with Gasteiger partial charge in [0.1, 0.15) is 22.1 Å². The predicted molar refractivity (Wildman–Crippen MR) is 121 cm³/mol. The van der Waals surface area contributed by atoms with Gasteiger partial charge < -0.3 is 16.2 Å². The summed E-state index contributed by atoms with van der Waals surface area (Å²) in [5.41, 5.74) is 6.28. The number of carboxylic acids is 1. The number of aliphatic carboxylic acids is 1. The highest BCUT2D eigenvalue weighted by Gasteiger charge is 2.54. The third-order valence-corrected chi connectivity index (χ3v) is 9.20. The number of aromatic nitrogens is 2. The van der Waals surface area contributed by atoms with Crippen molar-refractivity contribution in [2.75, 3.05) is 11.5 Å². The Bertz CT molecular complexity index is 1070. The standard InChI is InChI=1S/C18H19N5O4S4/c1-8-21-22-18(30-8)29-7-9-6-28-16-13(15(25)23(16)14(9)17(26)27)20-12(24)4-10-2-3-11(5-19)31-10/h2-3,13,16H,4-7,19H2,1H3,(H,20,24)(H,26,27)/t13-,16-/m1/s1. The molecule has 164 valence electrons. The van der Waals surface area contributed by atoms with Gasteiger partial charge in [-0.3, -0.25) is 14.5 Å². The molecule has 2 aliphatic rings. The van der Waals surface area contributed by atoms with E-state index in [1.807, 2.05) is 19.1 Å². The summed E-state index contributed by atoms with van der Waals surface area (Å²) in [7, 11) is 0. The first kappa shape index (κ1) is 22.3. The average Bonchev–Trinajstić information content (AvgIpc) is 3.37. The van der Waals surface area contributed by atoms with Gasteiger partial charge in [-0.25, -0.2) is 4.79 Å². The van der Waals surface area contributed by atoms with Crippen LogP contribution >= 0.6 is 46.2 Å². The van der Waals surface area contributed by atoms with Crippen molar-refractivity contribution in [1.29, 1.82) is 0 Å². The normalized spacial score (nSPS) is 20.5. The molecule has 0 bridgehead atoms. The highest BCUT2D eigenvalue weighted by molar-refractivity contribution is 8.01. The molecular weight excluding hydrogens is 478 g/mol. The van der Waals surface area contributed by atoms with Crippen LogP contribution in [0.5, 0.6) is 0 Å². The number of aryl methyl sites for hydroxylation is 1. The van der Waals surface area contributed by atoms with Crippen LogP contribution < -0.4 is 11.1 Å². The number of hydrogen-bond acceptors (Lipinski definition) is 10. The van der Waals surface area contributed by atoms with Crippen molar-refractivity contribution < 1.29 is 19.5 Å². The van der Waals surface area contributed by atoms with Crippen molar-refractivity contribution in [3.63, 3.8) is 0 Å². The quantitative estimate of drug-likeness (QED) is 0.365. The Morgan fingerprint density at radius 3 is 2.74 bits per heavy atom. The van der Waals surface area contributed by atoms with Crippen LogP contribution in [0.15, 0.2) is 27.7 Å². The third kappa shape index (κ3) is 4.65. The molecule has 4 rings (SSSR count). The molecule has 4 N–H and O–H groups in total. The summed E-state index contributed by atoms with van der Waals surface area (Å²) in [5, 5.41) is 20.9. The largest absolute Gasteiger partial charge is 0.477 e. The van der Waals surface area contributed by atoms with Crippen molar-refractivity contribution >= 4 is 64.0 Å². The maximum Gasteiger partial charge on any atom is 0.352 e. The summed E-state index contributed by atoms with van der Waals surface area (Å²) < 4.78 is 0.758. The number of carbonyl (C=O) groups excluding carboxylic acids is 2. The number of nitrogens with zero attached hydrogens (tertiary/aromatic N) is 3. The van der Waals surface area contributed by atoms with Crippen molar-refractivity contribution in [2.45, 2.75) is 35.6 Å². The number of rotatable bonds is 8. The summed E-state index contributed by atoms with van der Waals surface area (Å²) in [6, 6.07) is 3.01. The molecule has 1 fully saturated rings. The van der Waals surface area contributed by atoms with E-state index >= 15 is 0 Å². The van der Waals surface area contributed by atoms with Gasteiger partial charge in [-0.05, 0) is 24.6 Å². The highest BCUT2D eigenvalue weighted by Crippen LogP contribution is 2.41. The SMILES string of the molecule is Cc1nnc(SCC2=C(C(=O)O)N3C(=O)[C@@H](NC(=O)Cc4ccc(CN)s4)[C@H]3SC2)s1. The summed E-state index contributed by atoms with van der Waals surface area (Å²) in [4.78, 5) is 40.2. The summed E-state index contributed by atoms with van der Waals surface area (Å²) >= 11 is 5.78. The van der Waals surface area contributed by atoms with Gasteiger partial charge in [0.15, 0.2) is 4.34 Å². The topological polar surface area (TPSA) is 139 Å². The van der Waals surface area contributed by atoms with E-state index < -0.39 is 23.3 Å². The molecule has 1 saturated heterocycles. The van der Waals surface area contributed by atoms with Crippen molar-refractivity contribution in [1.82, 2.24) is 20.4 Å². The minimum atomic E-state index is -1.14. The molecular formula is C18H19N5O4S4.